The van der Waals surface area contributed by atoms with Crippen LogP contribution in [-0.4, -0.2) is 12.6 Å². The monoisotopic (exact) mass is 273 g/mol. The molecular formula is C19H31N. The van der Waals surface area contributed by atoms with Gasteiger partial charge in [0.25, 0.3) is 0 Å². The van der Waals surface area contributed by atoms with Crippen molar-refractivity contribution >= 4 is 0 Å². The van der Waals surface area contributed by atoms with Crippen molar-refractivity contribution in [3.05, 3.63) is 35.9 Å². The van der Waals surface area contributed by atoms with E-state index in [0.29, 0.717) is 5.41 Å². The van der Waals surface area contributed by atoms with E-state index in [1.165, 1.54) is 56.9 Å². The molecule has 1 nitrogen and oxygen atoms in total. The molecule has 2 rings (SSSR count). The van der Waals surface area contributed by atoms with Crippen LogP contribution in [0, 0.1) is 0 Å². The van der Waals surface area contributed by atoms with Gasteiger partial charge in [-0.1, -0.05) is 69.9 Å². The fourth-order valence-electron chi connectivity index (χ4n) is 3.15. The standard InChI is InChI=1S/C19H31N/c1-3-5-6-10-15-19(4-2,16-20-18-13-14-18)17-11-8-7-9-12-17/h7-9,11-12,18,20H,3-6,10,13-16H2,1-2H3. The molecule has 0 saturated heterocycles. The first-order valence-electron chi connectivity index (χ1n) is 8.59. The van der Waals surface area contributed by atoms with Gasteiger partial charge in [0.1, 0.15) is 0 Å². The Balaban J connectivity index is 2.02. The maximum absolute atomic E-state index is 3.79. The van der Waals surface area contributed by atoms with Crippen LogP contribution in [-0.2, 0) is 5.41 Å². The third-order valence-corrected chi connectivity index (χ3v) is 4.88. The van der Waals surface area contributed by atoms with Gasteiger partial charge in [-0.3, -0.25) is 0 Å². The predicted molar refractivity (Wildman–Crippen MR) is 88.2 cm³/mol. The number of hydrogen-bond acceptors (Lipinski definition) is 1. The SMILES string of the molecule is CCCCCCC(CC)(CNC1CC1)c1ccccc1. The lowest BCUT2D eigenvalue weighted by molar-refractivity contribution is 0.339. The first-order chi connectivity index (χ1) is 9.80. The van der Waals surface area contributed by atoms with Crippen LogP contribution >= 0.6 is 0 Å². The molecule has 1 saturated carbocycles. The fourth-order valence-corrected chi connectivity index (χ4v) is 3.15. The lowest BCUT2D eigenvalue weighted by Gasteiger charge is -2.34. The zero-order valence-corrected chi connectivity index (χ0v) is 13.3. The minimum absolute atomic E-state index is 0.345. The summed E-state index contributed by atoms with van der Waals surface area (Å²) in [5, 5.41) is 3.79. The van der Waals surface area contributed by atoms with Crippen molar-refractivity contribution in [2.75, 3.05) is 6.54 Å². The first kappa shape index (κ1) is 15.6. The first-order valence-corrected chi connectivity index (χ1v) is 8.59. The summed E-state index contributed by atoms with van der Waals surface area (Å²) in [5.41, 5.74) is 1.88. The Morgan fingerprint density at radius 2 is 1.80 bits per heavy atom. The summed E-state index contributed by atoms with van der Waals surface area (Å²) in [6.07, 6.45) is 10.8. The van der Waals surface area contributed by atoms with Crippen molar-refractivity contribution in [1.82, 2.24) is 5.32 Å². The molecule has 0 aliphatic heterocycles. The normalized spacial score (nSPS) is 17.9. The number of unbranched alkanes of at least 4 members (excludes halogenated alkanes) is 3. The molecule has 0 bridgehead atoms. The lowest BCUT2D eigenvalue weighted by atomic mass is 9.74. The van der Waals surface area contributed by atoms with Gasteiger partial charge < -0.3 is 5.32 Å². The number of nitrogens with one attached hydrogen (secondary N) is 1. The molecule has 1 N–H and O–H groups in total. The maximum atomic E-state index is 3.79. The van der Waals surface area contributed by atoms with Gasteiger partial charge in [0.2, 0.25) is 0 Å². The molecule has 1 heteroatoms. The molecule has 0 amide bonds. The van der Waals surface area contributed by atoms with Crippen LogP contribution in [0.25, 0.3) is 0 Å². The van der Waals surface area contributed by atoms with E-state index in [-0.39, 0.29) is 0 Å². The second-order valence-corrected chi connectivity index (χ2v) is 6.47. The van der Waals surface area contributed by atoms with Gasteiger partial charge in [-0.2, -0.15) is 0 Å². The van der Waals surface area contributed by atoms with E-state index in [0.717, 1.165) is 12.6 Å². The molecule has 1 unspecified atom stereocenters. The Morgan fingerprint density at radius 3 is 2.40 bits per heavy atom. The van der Waals surface area contributed by atoms with E-state index in [1.807, 2.05) is 0 Å². The van der Waals surface area contributed by atoms with Crippen LogP contribution < -0.4 is 5.32 Å². The number of rotatable bonds is 10. The summed E-state index contributed by atoms with van der Waals surface area (Å²) in [4.78, 5) is 0. The Morgan fingerprint density at radius 1 is 1.05 bits per heavy atom. The highest BCUT2D eigenvalue weighted by molar-refractivity contribution is 5.26. The van der Waals surface area contributed by atoms with E-state index < -0.39 is 0 Å². The third-order valence-electron chi connectivity index (χ3n) is 4.88. The van der Waals surface area contributed by atoms with E-state index in [1.54, 1.807) is 0 Å². The molecule has 0 heterocycles. The Hall–Kier alpha value is -0.820. The van der Waals surface area contributed by atoms with E-state index in [9.17, 15) is 0 Å². The van der Waals surface area contributed by atoms with Gasteiger partial charge >= 0.3 is 0 Å². The zero-order valence-electron chi connectivity index (χ0n) is 13.3. The van der Waals surface area contributed by atoms with Crippen LogP contribution in [0.4, 0.5) is 0 Å². The Bertz CT molecular complexity index is 369. The molecule has 20 heavy (non-hydrogen) atoms. The van der Waals surface area contributed by atoms with Crippen molar-refractivity contribution in [2.24, 2.45) is 0 Å². The molecule has 0 aromatic heterocycles. The van der Waals surface area contributed by atoms with Gasteiger partial charge in [-0.05, 0) is 31.2 Å². The second kappa shape index (κ2) is 7.83. The lowest BCUT2D eigenvalue weighted by Crippen LogP contribution is -2.38. The van der Waals surface area contributed by atoms with Crippen molar-refractivity contribution in [2.45, 2.75) is 76.7 Å². The molecule has 1 aromatic rings. The van der Waals surface area contributed by atoms with E-state index >= 15 is 0 Å². The summed E-state index contributed by atoms with van der Waals surface area (Å²) in [5.74, 6) is 0. The second-order valence-electron chi connectivity index (χ2n) is 6.47. The van der Waals surface area contributed by atoms with E-state index in [4.69, 9.17) is 0 Å². The van der Waals surface area contributed by atoms with E-state index in [2.05, 4.69) is 49.5 Å². The van der Waals surface area contributed by atoms with Crippen molar-refractivity contribution in [1.29, 1.82) is 0 Å². The van der Waals surface area contributed by atoms with Crippen molar-refractivity contribution in [3.8, 4) is 0 Å². The minimum atomic E-state index is 0.345. The number of hydrogen-bond donors (Lipinski definition) is 1. The minimum Gasteiger partial charge on any atom is -0.313 e. The molecule has 1 atom stereocenters. The summed E-state index contributed by atoms with van der Waals surface area (Å²) >= 11 is 0. The third kappa shape index (κ3) is 4.34. The van der Waals surface area contributed by atoms with Crippen LogP contribution in [0.5, 0.6) is 0 Å². The molecule has 1 aliphatic carbocycles. The summed E-state index contributed by atoms with van der Waals surface area (Å²) in [7, 11) is 0. The highest BCUT2D eigenvalue weighted by Gasteiger charge is 2.32. The van der Waals surface area contributed by atoms with Crippen molar-refractivity contribution < 1.29 is 0 Å². The van der Waals surface area contributed by atoms with Gasteiger partial charge in [0.15, 0.2) is 0 Å². The molecule has 1 aliphatic rings. The van der Waals surface area contributed by atoms with Gasteiger partial charge in [-0.25, -0.2) is 0 Å². The molecule has 0 radical (unpaired) electrons. The average Bonchev–Trinajstić information content (AvgIpc) is 3.32. The van der Waals surface area contributed by atoms with Gasteiger partial charge in [0, 0.05) is 18.0 Å². The molecule has 1 fully saturated rings. The number of benzene rings is 1. The quantitative estimate of drug-likeness (QED) is 0.588. The Kier molecular flexibility index (Phi) is 6.09. The maximum Gasteiger partial charge on any atom is 0.00752 e. The van der Waals surface area contributed by atoms with Crippen LogP contribution in [0.3, 0.4) is 0 Å². The van der Waals surface area contributed by atoms with Crippen LogP contribution in [0.15, 0.2) is 30.3 Å². The van der Waals surface area contributed by atoms with Crippen molar-refractivity contribution in [3.63, 3.8) is 0 Å². The zero-order chi connectivity index (χ0) is 14.3. The highest BCUT2D eigenvalue weighted by atomic mass is 15.0. The van der Waals surface area contributed by atoms with Gasteiger partial charge in [0.05, 0.1) is 0 Å². The average molecular weight is 273 g/mol. The summed E-state index contributed by atoms with van der Waals surface area (Å²) < 4.78 is 0. The molecule has 112 valence electrons. The molecular weight excluding hydrogens is 242 g/mol. The Labute approximate surface area is 125 Å². The summed E-state index contributed by atoms with van der Waals surface area (Å²) in [6.45, 7) is 5.81. The largest absolute Gasteiger partial charge is 0.313 e. The van der Waals surface area contributed by atoms with Gasteiger partial charge in [-0.15, -0.1) is 0 Å². The topological polar surface area (TPSA) is 12.0 Å². The fraction of sp³-hybridized carbons (Fsp3) is 0.684. The van der Waals surface area contributed by atoms with Crippen LogP contribution in [0.2, 0.25) is 0 Å². The molecule has 1 aromatic carbocycles. The molecule has 0 spiro atoms. The highest BCUT2D eigenvalue weighted by Crippen LogP contribution is 2.34. The predicted octanol–water partition coefficient (Wildman–Crippen LogP) is 5.06. The smallest absolute Gasteiger partial charge is 0.00752 e. The van der Waals surface area contributed by atoms with Crippen LogP contribution in [0.1, 0.15) is 70.8 Å². The summed E-state index contributed by atoms with van der Waals surface area (Å²) in [6, 6.07) is 12.0.